The van der Waals surface area contributed by atoms with Crippen LogP contribution in [-0.4, -0.2) is 34.9 Å². The Morgan fingerprint density at radius 1 is 0.615 bits per heavy atom. The van der Waals surface area contributed by atoms with Crippen molar-refractivity contribution >= 4 is 5.91 Å². The van der Waals surface area contributed by atoms with Gasteiger partial charge >= 0.3 is 0 Å². The van der Waals surface area contributed by atoms with Gasteiger partial charge in [-0.25, -0.2) is 0 Å². The van der Waals surface area contributed by atoms with Crippen molar-refractivity contribution in [1.82, 2.24) is 5.32 Å². The fourth-order valence-electron chi connectivity index (χ4n) is 4.78. The normalized spacial score (nSPS) is 13.6. The molecule has 4 nitrogen and oxygen atoms in total. The summed E-state index contributed by atoms with van der Waals surface area (Å²) in [5, 5.41) is 22.7. The molecule has 0 aromatic heterocycles. The van der Waals surface area contributed by atoms with E-state index in [1.165, 1.54) is 83.5 Å². The first-order chi connectivity index (χ1) is 19.2. The second-order valence-electron chi connectivity index (χ2n) is 11.2. The first-order valence-corrected chi connectivity index (χ1v) is 16.7. The van der Waals surface area contributed by atoms with Crippen molar-refractivity contribution in [2.45, 2.75) is 174 Å². The van der Waals surface area contributed by atoms with E-state index in [9.17, 15) is 15.0 Å². The van der Waals surface area contributed by atoms with Crippen molar-refractivity contribution in [1.29, 1.82) is 0 Å². The highest BCUT2D eigenvalue weighted by atomic mass is 16.3. The van der Waals surface area contributed by atoms with E-state index in [0.717, 1.165) is 51.4 Å². The maximum atomic E-state index is 12.2. The van der Waals surface area contributed by atoms with Crippen LogP contribution in [0.15, 0.2) is 36.5 Å². The average Bonchev–Trinajstić information content (AvgIpc) is 2.94. The molecule has 0 aliphatic heterocycles. The fraction of sp³-hybridized carbons (Fsp3) is 0.800. The highest BCUT2D eigenvalue weighted by Crippen LogP contribution is 2.12. The molecule has 39 heavy (non-hydrogen) atoms. The van der Waals surface area contributed by atoms with E-state index in [1.807, 2.05) is 0 Å². The summed E-state index contributed by atoms with van der Waals surface area (Å²) in [6.45, 7) is 4.26. The van der Waals surface area contributed by atoms with Gasteiger partial charge in [-0.1, -0.05) is 140 Å². The van der Waals surface area contributed by atoms with Gasteiger partial charge in [0, 0.05) is 6.42 Å². The number of hydrogen-bond acceptors (Lipinski definition) is 3. The third kappa shape index (κ3) is 28.0. The lowest BCUT2D eigenvalue weighted by atomic mass is 10.0. The zero-order valence-electron chi connectivity index (χ0n) is 25.9. The van der Waals surface area contributed by atoms with E-state index < -0.39 is 12.1 Å². The molecule has 3 N–H and O–H groups in total. The molecule has 0 saturated carbocycles. The molecule has 0 aliphatic rings. The van der Waals surface area contributed by atoms with Crippen molar-refractivity contribution in [3.63, 3.8) is 0 Å². The minimum atomic E-state index is -0.660. The molecule has 2 atom stereocenters. The monoisotopic (exact) mass is 547 g/mol. The highest BCUT2D eigenvalue weighted by molar-refractivity contribution is 5.76. The third-order valence-electron chi connectivity index (χ3n) is 7.40. The number of amides is 1. The Morgan fingerprint density at radius 2 is 1.05 bits per heavy atom. The van der Waals surface area contributed by atoms with Crippen LogP contribution in [0.25, 0.3) is 0 Å². The van der Waals surface area contributed by atoms with Gasteiger partial charge in [0.1, 0.15) is 0 Å². The molecule has 2 unspecified atom stereocenters. The minimum absolute atomic E-state index is 0.0518. The van der Waals surface area contributed by atoms with Crippen molar-refractivity contribution in [3.05, 3.63) is 36.5 Å². The molecular weight excluding hydrogens is 482 g/mol. The largest absolute Gasteiger partial charge is 0.394 e. The Bertz CT molecular complexity index is 599. The molecule has 0 bridgehead atoms. The number of carbonyl (C=O) groups is 1. The zero-order valence-corrected chi connectivity index (χ0v) is 25.9. The number of aliphatic hydroxyl groups excluding tert-OH is 2. The van der Waals surface area contributed by atoms with Crippen molar-refractivity contribution in [2.24, 2.45) is 0 Å². The van der Waals surface area contributed by atoms with E-state index in [1.54, 1.807) is 0 Å². The summed E-state index contributed by atoms with van der Waals surface area (Å²) < 4.78 is 0. The Labute approximate surface area is 242 Å². The Hall–Kier alpha value is -1.39. The maximum absolute atomic E-state index is 12.2. The van der Waals surface area contributed by atoms with Crippen LogP contribution in [0.5, 0.6) is 0 Å². The van der Waals surface area contributed by atoms with Crippen LogP contribution in [0.1, 0.15) is 162 Å². The molecule has 0 aromatic carbocycles. The molecule has 0 fully saturated rings. The van der Waals surface area contributed by atoms with Crippen LogP contribution in [0.4, 0.5) is 0 Å². The smallest absolute Gasteiger partial charge is 0.220 e. The van der Waals surface area contributed by atoms with Gasteiger partial charge in [0.15, 0.2) is 0 Å². The van der Waals surface area contributed by atoms with Gasteiger partial charge in [-0.15, -0.1) is 0 Å². The van der Waals surface area contributed by atoms with Gasteiger partial charge < -0.3 is 15.5 Å². The van der Waals surface area contributed by atoms with Crippen LogP contribution in [0.2, 0.25) is 0 Å². The first-order valence-electron chi connectivity index (χ1n) is 16.7. The van der Waals surface area contributed by atoms with Crippen molar-refractivity contribution < 1.29 is 15.0 Å². The van der Waals surface area contributed by atoms with Crippen LogP contribution < -0.4 is 5.32 Å². The molecule has 0 radical (unpaired) electrons. The molecule has 4 heteroatoms. The predicted octanol–water partition coefficient (Wildman–Crippen LogP) is 9.51. The summed E-state index contributed by atoms with van der Waals surface area (Å²) in [7, 11) is 0. The maximum Gasteiger partial charge on any atom is 0.220 e. The summed E-state index contributed by atoms with van der Waals surface area (Å²) >= 11 is 0. The minimum Gasteiger partial charge on any atom is -0.394 e. The first kappa shape index (κ1) is 37.6. The van der Waals surface area contributed by atoms with Gasteiger partial charge in [0.25, 0.3) is 0 Å². The predicted molar refractivity (Wildman–Crippen MR) is 170 cm³/mol. The molecule has 0 aliphatic carbocycles. The Balaban J connectivity index is 3.58. The lowest BCUT2D eigenvalue weighted by Crippen LogP contribution is -2.45. The second kappa shape index (κ2) is 31.1. The molecule has 0 aromatic rings. The SMILES string of the molecule is CCCCCCC/C=C\C/C=C\C/C=C\CCCCCCCCC(=O)NC(CO)C(O)CCCCCCCC. The lowest BCUT2D eigenvalue weighted by Gasteiger charge is -2.22. The number of rotatable bonds is 29. The van der Waals surface area contributed by atoms with Gasteiger partial charge in [-0.05, 0) is 51.4 Å². The standard InChI is InChI=1S/C35H65NO3/c1-3-5-7-9-11-12-13-14-15-16-17-18-19-20-21-22-23-24-25-27-29-31-35(39)36-33(32-37)34(38)30-28-26-10-8-6-4-2/h13-14,16-17,19-20,33-34,37-38H,3-12,15,18,21-32H2,1-2H3,(H,36,39)/b14-13-,17-16-,20-19-. The van der Waals surface area contributed by atoms with E-state index in [0.29, 0.717) is 12.8 Å². The number of aliphatic hydroxyl groups is 2. The summed E-state index contributed by atoms with van der Waals surface area (Å²) in [6, 6.07) is -0.538. The molecule has 0 spiro atoms. The second-order valence-corrected chi connectivity index (χ2v) is 11.2. The highest BCUT2D eigenvalue weighted by Gasteiger charge is 2.19. The Morgan fingerprint density at radius 3 is 1.56 bits per heavy atom. The summed E-state index contributed by atoms with van der Waals surface area (Å²) in [5.74, 6) is -0.0518. The van der Waals surface area contributed by atoms with Gasteiger partial charge in [0.2, 0.25) is 5.91 Å². The van der Waals surface area contributed by atoms with Crippen LogP contribution in [0, 0.1) is 0 Å². The van der Waals surface area contributed by atoms with Gasteiger partial charge in [-0.3, -0.25) is 4.79 Å². The molecule has 0 saturated heterocycles. The summed E-state index contributed by atoms with van der Waals surface area (Å²) in [6.07, 6.45) is 39.2. The lowest BCUT2D eigenvalue weighted by molar-refractivity contribution is -0.123. The van der Waals surface area contributed by atoms with E-state index in [4.69, 9.17) is 0 Å². The van der Waals surface area contributed by atoms with E-state index >= 15 is 0 Å². The van der Waals surface area contributed by atoms with Crippen molar-refractivity contribution in [2.75, 3.05) is 6.61 Å². The average molecular weight is 548 g/mol. The topological polar surface area (TPSA) is 69.6 Å². The summed E-state index contributed by atoms with van der Waals surface area (Å²) in [5.41, 5.74) is 0. The molecule has 0 heterocycles. The van der Waals surface area contributed by atoms with Crippen LogP contribution >= 0.6 is 0 Å². The fourth-order valence-corrected chi connectivity index (χ4v) is 4.78. The molecule has 0 rings (SSSR count). The third-order valence-corrected chi connectivity index (χ3v) is 7.40. The number of allylic oxidation sites excluding steroid dienone is 6. The molecule has 1 amide bonds. The van der Waals surface area contributed by atoms with Gasteiger partial charge in [0.05, 0.1) is 18.8 Å². The van der Waals surface area contributed by atoms with Crippen molar-refractivity contribution in [3.8, 4) is 0 Å². The quantitative estimate of drug-likeness (QED) is 0.0645. The van der Waals surface area contributed by atoms with Gasteiger partial charge in [-0.2, -0.15) is 0 Å². The number of hydrogen-bond donors (Lipinski definition) is 3. The number of unbranched alkanes of at least 4 members (excludes halogenated alkanes) is 16. The van der Waals surface area contributed by atoms with E-state index in [2.05, 4.69) is 55.6 Å². The molecule has 228 valence electrons. The number of carbonyl (C=O) groups excluding carboxylic acids is 1. The molecular formula is C35H65NO3. The summed E-state index contributed by atoms with van der Waals surface area (Å²) in [4.78, 5) is 12.2. The van der Waals surface area contributed by atoms with Crippen LogP contribution in [0.3, 0.4) is 0 Å². The van der Waals surface area contributed by atoms with Crippen LogP contribution in [-0.2, 0) is 4.79 Å². The zero-order chi connectivity index (χ0) is 28.7. The van der Waals surface area contributed by atoms with E-state index in [-0.39, 0.29) is 12.5 Å². The number of nitrogens with one attached hydrogen (secondary N) is 1. The Kier molecular flexibility index (Phi) is 30.0.